The van der Waals surface area contributed by atoms with Crippen LogP contribution in [0.5, 0.6) is 5.75 Å². The van der Waals surface area contributed by atoms with Gasteiger partial charge in [-0.15, -0.1) is 0 Å². The van der Waals surface area contributed by atoms with Gasteiger partial charge in [0.2, 0.25) is 0 Å². The van der Waals surface area contributed by atoms with E-state index >= 15 is 0 Å². The summed E-state index contributed by atoms with van der Waals surface area (Å²) in [5.41, 5.74) is 0.503. The van der Waals surface area contributed by atoms with E-state index < -0.39 is 5.92 Å². The number of rotatable bonds is 6. The Morgan fingerprint density at radius 1 is 1.47 bits per heavy atom. The van der Waals surface area contributed by atoms with Gasteiger partial charge in [0.1, 0.15) is 12.0 Å². The van der Waals surface area contributed by atoms with E-state index in [1.54, 1.807) is 31.4 Å². The Labute approximate surface area is 101 Å². The van der Waals surface area contributed by atoms with E-state index in [2.05, 4.69) is 0 Å². The molecule has 0 aliphatic rings. The van der Waals surface area contributed by atoms with E-state index in [1.807, 2.05) is 19.0 Å². The summed E-state index contributed by atoms with van der Waals surface area (Å²) in [7, 11) is 5.20. The maximum atomic E-state index is 12.1. The smallest absolute Gasteiger partial charge is 0.174 e. The standard InChI is InChI=1S/C13H17NO3/c1-14(2)8-11(9-15)13(16)10-5-4-6-12(7-10)17-3/h4-7,9,11H,8H2,1-3H3/t11-/m0/s1. The summed E-state index contributed by atoms with van der Waals surface area (Å²) < 4.78 is 5.05. The Balaban J connectivity index is 2.89. The number of ketones is 1. The Morgan fingerprint density at radius 3 is 2.71 bits per heavy atom. The lowest BCUT2D eigenvalue weighted by Gasteiger charge is -2.15. The van der Waals surface area contributed by atoms with Gasteiger partial charge in [-0.1, -0.05) is 12.1 Å². The van der Waals surface area contributed by atoms with Crippen LogP contribution in [-0.4, -0.2) is 44.7 Å². The van der Waals surface area contributed by atoms with Gasteiger partial charge in [0, 0.05) is 12.1 Å². The number of methoxy groups -OCH3 is 1. The van der Waals surface area contributed by atoms with Gasteiger partial charge in [-0.3, -0.25) is 4.79 Å². The predicted molar refractivity (Wildman–Crippen MR) is 65.4 cm³/mol. The van der Waals surface area contributed by atoms with Crippen LogP contribution in [0.2, 0.25) is 0 Å². The summed E-state index contributed by atoms with van der Waals surface area (Å²) in [5, 5.41) is 0. The summed E-state index contributed by atoms with van der Waals surface area (Å²) in [5.74, 6) is -0.185. The first-order valence-corrected chi connectivity index (χ1v) is 5.36. The highest BCUT2D eigenvalue weighted by molar-refractivity contribution is 6.05. The first-order chi connectivity index (χ1) is 8.08. The van der Waals surface area contributed by atoms with Crippen LogP contribution in [0.4, 0.5) is 0 Å². The van der Waals surface area contributed by atoms with Gasteiger partial charge < -0.3 is 14.4 Å². The molecule has 0 bridgehead atoms. The van der Waals surface area contributed by atoms with Gasteiger partial charge in [-0.2, -0.15) is 0 Å². The highest BCUT2D eigenvalue weighted by Gasteiger charge is 2.20. The zero-order valence-corrected chi connectivity index (χ0v) is 10.3. The second kappa shape index (κ2) is 6.15. The zero-order chi connectivity index (χ0) is 12.8. The molecule has 1 aromatic rings. The molecule has 0 spiro atoms. The molecule has 0 aliphatic heterocycles. The molecule has 0 heterocycles. The van der Waals surface area contributed by atoms with Crippen LogP contribution in [0.3, 0.4) is 0 Å². The van der Waals surface area contributed by atoms with Crippen molar-refractivity contribution in [1.82, 2.24) is 4.90 Å². The lowest BCUT2D eigenvalue weighted by Crippen LogP contribution is -2.29. The second-order valence-electron chi connectivity index (χ2n) is 4.10. The van der Waals surface area contributed by atoms with Gasteiger partial charge in [0.15, 0.2) is 5.78 Å². The van der Waals surface area contributed by atoms with Crippen LogP contribution < -0.4 is 4.74 Å². The molecular formula is C13H17NO3. The topological polar surface area (TPSA) is 46.6 Å². The van der Waals surface area contributed by atoms with E-state index in [-0.39, 0.29) is 5.78 Å². The van der Waals surface area contributed by atoms with Crippen molar-refractivity contribution in [2.24, 2.45) is 5.92 Å². The van der Waals surface area contributed by atoms with Gasteiger partial charge in [-0.05, 0) is 26.2 Å². The van der Waals surface area contributed by atoms with E-state index in [9.17, 15) is 9.59 Å². The Morgan fingerprint density at radius 2 is 2.18 bits per heavy atom. The molecule has 4 heteroatoms. The fraction of sp³-hybridized carbons (Fsp3) is 0.385. The average Bonchev–Trinajstić information content (AvgIpc) is 2.35. The second-order valence-corrected chi connectivity index (χ2v) is 4.10. The highest BCUT2D eigenvalue weighted by atomic mass is 16.5. The summed E-state index contributed by atoms with van der Waals surface area (Å²) in [4.78, 5) is 24.8. The van der Waals surface area contributed by atoms with Crippen molar-refractivity contribution in [3.63, 3.8) is 0 Å². The lowest BCUT2D eigenvalue weighted by molar-refractivity contribution is -0.110. The van der Waals surface area contributed by atoms with Crippen LogP contribution in [-0.2, 0) is 4.79 Å². The molecular weight excluding hydrogens is 218 g/mol. The summed E-state index contributed by atoms with van der Waals surface area (Å²) in [6.07, 6.45) is 0.696. The first-order valence-electron chi connectivity index (χ1n) is 5.36. The monoisotopic (exact) mass is 235 g/mol. The van der Waals surface area contributed by atoms with Crippen molar-refractivity contribution in [1.29, 1.82) is 0 Å². The molecule has 0 saturated carbocycles. The average molecular weight is 235 g/mol. The Bertz CT molecular complexity index is 401. The van der Waals surface area contributed by atoms with E-state index in [0.717, 1.165) is 0 Å². The number of Topliss-reactive ketones (excluding diaryl/α,β-unsaturated/α-hetero) is 1. The van der Waals surface area contributed by atoms with Gasteiger partial charge >= 0.3 is 0 Å². The van der Waals surface area contributed by atoms with Crippen molar-refractivity contribution >= 4 is 12.1 Å². The molecule has 0 radical (unpaired) electrons. The number of hydrogen-bond acceptors (Lipinski definition) is 4. The highest BCUT2D eigenvalue weighted by Crippen LogP contribution is 2.15. The Hall–Kier alpha value is -1.68. The number of carbonyl (C=O) groups is 2. The fourth-order valence-electron chi connectivity index (χ4n) is 1.57. The SMILES string of the molecule is COc1cccc(C(=O)[C@H](C=O)CN(C)C)c1. The summed E-state index contributed by atoms with van der Waals surface area (Å²) in [6, 6.07) is 6.84. The number of benzene rings is 1. The molecule has 1 aromatic carbocycles. The molecule has 1 atom stereocenters. The minimum atomic E-state index is -0.628. The molecule has 4 nitrogen and oxygen atoms in total. The number of aldehydes is 1. The van der Waals surface area contributed by atoms with E-state index in [0.29, 0.717) is 24.1 Å². The van der Waals surface area contributed by atoms with E-state index in [4.69, 9.17) is 4.74 Å². The van der Waals surface area contributed by atoms with Crippen LogP contribution in [0.1, 0.15) is 10.4 Å². The molecule has 0 amide bonds. The van der Waals surface area contributed by atoms with Crippen molar-refractivity contribution in [3.8, 4) is 5.75 Å². The van der Waals surface area contributed by atoms with Gasteiger partial charge in [0.25, 0.3) is 0 Å². The molecule has 0 aliphatic carbocycles. The molecule has 0 unspecified atom stereocenters. The molecule has 1 rings (SSSR count). The molecule has 0 aromatic heterocycles. The molecule has 92 valence electrons. The van der Waals surface area contributed by atoms with Crippen molar-refractivity contribution < 1.29 is 14.3 Å². The zero-order valence-electron chi connectivity index (χ0n) is 10.3. The van der Waals surface area contributed by atoms with Crippen LogP contribution in [0, 0.1) is 5.92 Å². The normalized spacial score (nSPS) is 12.2. The van der Waals surface area contributed by atoms with Gasteiger partial charge in [0.05, 0.1) is 13.0 Å². The largest absolute Gasteiger partial charge is 0.497 e. The number of carbonyl (C=O) groups excluding carboxylic acids is 2. The third-order valence-corrected chi connectivity index (χ3v) is 2.42. The minimum absolute atomic E-state index is 0.174. The first kappa shape index (κ1) is 13.4. The fourth-order valence-corrected chi connectivity index (χ4v) is 1.57. The summed E-state index contributed by atoms with van der Waals surface area (Å²) in [6.45, 7) is 0.416. The maximum Gasteiger partial charge on any atom is 0.174 e. The molecule has 0 fully saturated rings. The van der Waals surface area contributed by atoms with Crippen molar-refractivity contribution in [2.75, 3.05) is 27.7 Å². The third kappa shape index (κ3) is 3.67. The molecule has 0 saturated heterocycles. The summed E-state index contributed by atoms with van der Waals surface area (Å²) >= 11 is 0. The molecule has 0 N–H and O–H groups in total. The van der Waals surface area contributed by atoms with Crippen LogP contribution in [0.25, 0.3) is 0 Å². The minimum Gasteiger partial charge on any atom is -0.497 e. The lowest BCUT2D eigenvalue weighted by atomic mass is 9.98. The number of ether oxygens (including phenoxy) is 1. The van der Waals surface area contributed by atoms with Gasteiger partial charge in [-0.25, -0.2) is 0 Å². The molecule has 17 heavy (non-hydrogen) atoms. The van der Waals surface area contributed by atoms with Crippen molar-refractivity contribution in [3.05, 3.63) is 29.8 Å². The third-order valence-electron chi connectivity index (χ3n) is 2.42. The van der Waals surface area contributed by atoms with Crippen LogP contribution >= 0.6 is 0 Å². The Kier molecular flexibility index (Phi) is 4.84. The maximum absolute atomic E-state index is 12.1. The predicted octanol–water partition coefficient (Wildman–Crippen LogP) is 1.25. The number of hydrogen-bond donors (Lipinski definition) is 0. The van der Waals surface area contributed by atoms with E-state index in [1.165, 1.54) is 0 Å². The number of nitrogens with zero attached hydrogens (tertiary/aromatic N) is 1. The van der Waals surface area contributed by atoms with Crippen LogP contribution in [0.15, 0.2) is 24.3 Å². The quantitative estimate of drug-likeness (QED) is 0.423. The van der Waals surface area contributed by atoms with Crippen molar-refractivity contribution in [2.45, 2.75) is 0 Å².